The summed E-state index contributed by atoms with van der Waals surface area (Å²) in [7, 11) is 0. The molecule has 0 spiro atoms. The predicted octanol–water partition coefficient (Wildman–Crippen LogP) is 0.512. The summed E-state index contributed by atoms with van der Waals surface area (Å²) >= 11 is 0. The van der Waals surface area contributed by atoms with Crippen LogP contribution in [-0.4, -0.2) is 29.9 Å². The Morgan fingerprint density at radius 2 is 2.42 bits per heavy atom. The summed E-state index contributed by atoms with van der Waals surface area (Å²) in [6.07, 6.45) is 3.13. The summed E-state index contributed by atoms with van der Waals surface area (Å²) in [5.41, 5.74) is 6.76. The second kappa shape index (κ2) is 3.72. The fourth-order valence-electron chi connectivity index (χ4n) is 1.39. The zero-order valence-corrected chi connectivity index (χ0v) is 7.71. The Hall–Kier alpha value is -0.830. The zero-order chi connectivity index (χ0) is 9.14. The van der Waals surface area contributed by atoms with E-state index in [1.165, 1.54) is 5.57 Å². The van der Waals surface area contributed by atoms with Crippen molar-refractivity contribution in [1.29, 1.82) is 0 Å². The van der Waals surface area contributed by atoms with E-state index in [1.807, 2.05) is 11.8 Å². The fourth-order valence-corrected chi connectivity index (χ4v) is 1.39. The van der Waals surface area contributed by atoms with Gasteiger partial charge in [-0.15, -0.1) is 0 Å². The van der Waals surface area contributed by atoms with Gasteiger partial charge in [0, 0.05) is 13.1 Å². The number of amides is 1. The molecule has 0 fully saturated rings. The van der Waals surface area contributed by atoms with Crippen molar-refractivity contribution in [1.82, 2.24) is 4.90 Å². The van der Waals surface area contributed by atoms with E-state index in [9.17, 15) is 4.79 Å². The number of rotatable bonds is 1. The van der Waals surface area contributed by atoms with E-state index in [0.29, 0.717) is 0 Å². The lowest BCUT2D eigenvalue weighted by atomic mass is 10.1. The maximum absolute atomic E-state index is 11.4. The molecule has 0 radical (unpaired) electrons. The standard InChI is InChI=1S/C9H16N2O/c1-7-4-3-5-11(6-7)9(12)8(2)10/h4,8H,3,5-6,10H2,1-2H3. The summed E-state index contributed by atoms with van der Waals surface area (Å²) in [5, 5.41) is 0. The molecule has 0 aliphatic carbocycles. The molecular weight excluding hydrogens is 152 g/mol. The van der Waals surface area contributed by atoms with Crippen molar-refractivity contribution >= 4 is 5.91 Å². The minimum Gasteiger partial charge on any atom is -0.337 e. The largest absolute Gasteiger partial charge is 0.337 e. The van der Waals surface area contributed by atoms with Crippen LogP contribution in [0.25, 0.3) is 0 Å². The Bertz CT molecular complexity index is 209. The van der Waals surface area contributed by atoms with Gasteiger partial charge in [-0.2, -0.15) is 0 Å². The molecule has 0 aromatic rings. The van der Waals surface area contributed by atoms with E-state index in [2.05, 4.69) is 6.08 Å². The minimum atomic E-state index is -0.365. The highest BCUT2D eigenvalue weighted by Crippen LogP contribution is 2.09. The van der Waals surface area contributed by atoms with E-state index in [4.69, 9.17) is 5.73 Å². The molecule has 12 heavy (non-hydrogen) atoms. The third-order valence-electron chi connectivity index (χ3n) is 2.03. The van der Waals surface area contributed by atoms with E-state index in [1.54, 1.807) is 6.92 Å². The molecule has 0 bridgehead atoms. The molecule has 0 aromatic heterocycles. The van der Waals surface area contributed by atoms with E-state index in [-0.39, 0.29) is 11.9 Å². The Morgan fingerprint density at radius 1 is 1.75 bits per heavy atom. The third kappa shape index (κ3) is 2.08. The van der Waals surface area contributed by atoms with Gasteiger partial charge in [-0.05, 0) is 20.3 Å². The maximum atomic E-state index is 11.4. The van der Waals surface area contributed by atoms with Crippen LogP contribution in [0, 0.1) is 0 Å². The molecule has 3 nitrogen and oxygen atoms in total. The summed E-state index contributed by atoms with van der Waals surface area (Å²) in [6.45, 7) is 5.34. The van der Waals surface area contributed by atoms with Crippen molar-refractivity contribution in [3.05, 3.63) is 11.6 Å². The second-order valence-electron chi connectivity index (χ2n) is 3.39. The van der Waals surface area contributed by atoms with Crippen LogP contribution in [0.1, 0.15) is 20.3 Å². The Labute approximate surface area is 73.2 Å². The molecule has 3 heteroatoms. The van der Waals surface area contributed by atoms with Gasteiger partial charge < -0.3 is 10.6 Å². The Morgan fingerprint density at radius 3 is 2.92 bits per heavy atom. The van der Waals surface area contributed by atoms with Crippen LogP contribution in [0.15, 0.2) is 11.6 Å². The first-order valence-electron chi connectivity index (χ1n) is 4.31. The molecule has 1 atom stereocenters. The summed E-state index contributed by atoms with van der Waals surface area (Å²) in [4.78, 5) is 13.2. The van der Waals surface area contributed by atoms with E-state index >= 15 is 0 Å². The van der Waals surface area contributed by atoms with Gasteiger partial charge in [0.05, 0.1) is 6.04 Å². The van der Waals surface area contributed by atoms with E-state index in [0.717, 1.165) is 19.5 Å². The molecule has 1 unspecified atom stereocenters. The van der Waals surface area contributed by atoms with Crippen LogP contribution >= 0.6 is 0 Å². The molecule has 1 heterocycles. The fraction of sp³-hybridized carbons (Fsp3) is 0.667. The first-order chi connectivity index (χ1) is 5.61. The van der Waals surface area contributed by atoms with Crippen molar-refractivity contribution in [3.8, 4) is 0 Å². The highest BCUT2D eigenvalue weighted by atomic mass is 16.2. The number of nitrogens with zero attached hydrogens (tertiary/aromatic N) is 1. The zero-order valence-electron chi connectivity index (χ0n) is 7.71. The first-order valence-corrected chi connectivity index (χ1v) is 4.31. The first kappa shape index (κ1) is 9.26. The monoisotopic (exact) mass is 168 g/mol. The summed E-state index contributed by atoms with van der Waals surface area (Å²) < 4.78 is 0. The third-order valence-corrected chi connectivity index (χ3v) is 2.03. The van der Waals surface area contributed by atoms with Crippen LogP contribution in [0.2, 0.25) is 0 Å². The minimum absolute atomic E-state index is 0.0578. The number of hydrogen-bond donors (Lipinski definition) is 1. The normalized spacial score (nSPS) is 20.2. The van der Waals surface area contributed by atoms with E-state index < -0.39 is 0 Å². The Kier molecular flexibility index (Phi) is 2.87. The number of nitrogens with two attached hydrogens (primary N) is 1. The molecular formula is C9H16N2O. The molecule has 68 valence electrons. The van der Waals surface area contributed by atoms with Gasteiger partial charge in [-0.3, -0.25) is 4.79 Å². The van der Waals surface area contributed by atoms with Crippen molar-refractivity contribution < 1.29 is 4.79 Å². The molecule has 1 aliphatic rings. The SMILES string of the molecule is CC1=CCCN(C(=O)C(C)N)C1. The van der Waals surface area contributed by atoms with Gasteiger partial charge in [-0.1, -0.05) is 11.6 Å². The lowest BCUT2D eigenvalue weighted by Gasteiger charge is -2.27. The van der Waals surface area contributed by atoms with Crippen molar-refractivity contribution in [2.24, 2.45) is 5.73 Å². The molecule has 1 amide bonds. The van der Waals surface area contributed by atoms with Crippen LogP contribution in [0.4, 0.5) is 0 Å². The lowest BCUT2D eigenvalue weighted by molar-refractivity contribution is -0.131. The van der Waals surface area contributed by atoms with Crippen LogP contribution in [0.3, 0.4) is 0 Å². The second-order valence-corrected chi connectivity index (χ2v) is 3.39. The van der Waals surface area contributed by atoms with Gasteiger partial charge in [-0.25, -0.2) is 0 Å². The lowest BCUT2D eigenvalue weighted by Crippen LogP contribution is -2.44. The molecule has 1 aliphatic heterocycles. The number of carbonyl (C=O) groups excluding carboxylic acids is 1. The van der Waals surface area contributed by atoms with Gasteiger partial charge in [0.25, 0.3) is 0 Å². The van der Waals surface area contributed by atoms with Gasteiger partial charge in [0.1, 0.15) is 0 Å². The van der Waals surface area contributed by atoms with Gasteiger partial charge >= 0.3 is 0 Å². The maximum Gasteiger partial charge on any atom is 0.239 e. The summed E-state index contributed by atoms with van der Waals surface area (Å²) in [5.74, 6) is 0.0578. The predicted molar refractivity (Wildman–Crippen MR) is 48.6 cm³/mol. The quantitative estimate of drug-likeness (QED) is 0.580. The van der Waals surface area contributed by atoms with Gasteiger partial charge in [0.2, 0.25) is 5.91 Å². The smallest absolute Gasteiger partial charge is 0.239 e. The van der Waals surface area contributed by atoms with Crippen LogP contribution < -0.4 is 5.73 Å². The molecule has 0 aromatic carbocycles. The number of hydrogen-bond acceptors (Lipinski definition) is 2. The average Bonchev–Trinajstić information content (AvgIpc) is 2.03. The molecule has 1 rings (SSSR count). The topological polar surface area (TPSA) is 46.3 Å². The highest BCUT2D eigenvalue weighted by molar-refractivity contribution is 5.81. The Balaban J connectivity index is 2.55. The van der Waals surface area contributed by atoms with Crippen LogP contribution in [0.5, 0.6) is 0 Å². The number of carbonyl (C=O) groups is 1. The van der Waals surface area contributed by atoms with Crippen molar-refractivity contribution in [2.45, 2.75) is 26.3 Å². The molecule has 0 saturated carbocycles. The van der Waals surface area contributed by atoms with Crippen molar-refractivity contribution in [2.75, 3.05) is 13.1 Å². The molecule has 0 saturated heterocycles. The highest BCUT2D eigenvalue weighted by Gasteiger charge is 2.18. The van der Waals surface area contributed by atoms with Gasteiger partial charge in [0.15, 0.2) is 0 Å². The van der Waals surface area contributed by atoms with Crippen LogP contribution in [-0.2, 0) is 4.79 Å². The average molecular weight is 168 g/mol. The molecule has 2 N–H and O–H groups in total. The van der Waals surface area contributed by atoms with Crippen molar-refractivity contribution in [3.63, 3.8) is 0 Å². The summed E-state index contributed by atoms with van der Waals surface area (Å²) in [6, 6.07) is -0.365.